The van der Waals surface area contributed by atoms with Crippen LogP contribution in [0.2, 0.25) is 0 Å². The Morgan fingerprint density at radius 3 is 2.46 bits per heavy atom. The monoisotopic (exact) mass is 322 g/mol. The third kappa shape index (κ3) is 4.01. The van der Waals surface area contributed by atoms with Crippen molar-refractivity contribution in [2.75, 3.05) is 6.61 Å². The number of carbonyl (C=O) groups excluding carboxylic acids is 1. The van der Waals surface area contributed by atoms with Gasteiger partial charge in [0.15, 0.2) is 0 Å². The van der Waals surface area contributed by atoms with Gasteiger partial charge < -0.3 is 9.47 Å². The number of esters is 1. The van der Waals surface area contributed by atoms with Crippen molar-refractivity contribution in [3.8, 4) is 11.5 Å². The number of hydrogen-bond acceptors (Lipinski definition) is 4. The zero-order valence-electron chi connectivity index (χ0n) is 13.4. The summed E-state index contributed by atoms with van der Waals surface area (Å²) in [6.07, 6.45) is 3.21. The molecule has 24 heavy (non-hydrogen) atoms. The molecule has 0 bridgehead atoms. The van der Waals surface area contributed by atoms with Gasteiger partial charge >= 0.3 is 5.97 Å². The summed E-state index contributed by atoms with van der Waals surface area (Å²) in [6, 6.07) is 17.4. The van der Waals surface area contributed by atoms with Crippen LogP contribution in [0.1, 0.15) is 22.8 Å². The van der Waals surface area contributed by atoms with Gasteiger partial charge in [-0.25, -0.2) is 4.79 Å². The summed E-state index contributed by atoms with van der Waals surface area (Å²) >= 11 is 0. The van der Waals surface area contributed by atoms with E-state index in [1.807, 2.05) is 54.6 Å². The second-order valence-corrected chi connectivity index (χ2v) is 5.21. The van der Waals surface area contributed by atoms with Crippen LogP contribution < -0.4 is 4.74 Å². The summed E-state index contributed by atoms with van der Waals surface area (Å²) in [5.74, 6) is 1.23. The van der Waals surface area contributed by atoms with E-state index in [0.717, 1.165) is 17.1 Å². The minimum Gasteiger partial charge on any atom is -0.462 e. The number of carbonyl (C=O) groups is 1. The fourth-order valence-electron chi connectivity index (χ4n) is 2.24. The number of hydrogen-bond donors (Lipinski definition) is 0. The molecular weight excluding hydrogens is 304 g/mol. The third-order valence-electron chi connectivity index (χ3n) is 3.39. The lowest BCUT2D eigenvalue weighted by atomic mass is 10.2. The predicted molar refractivity (Wildman–Crippen MR) is 90.2 cm³/mol. The molecule has 0 aliphatic rings. The Morgan fingerprint density at radius 2 is 1.75 bits per heavy atom. The van der Waals surface area contributed by atoms with Gasteiger partial charge in [0.05, 0.1) is 24.9 Å². The Balaban J connectivity index is 1.63. The number of ether oxygens (including phenoxy) is 2. The molecule has 0 unspecified atom stereocenters. The van der Waals surface area contributed by atoms with Gasteiger partial charge in [0.2, 0.25) is 0 Å². The average Bonchev–Trinajstić information content (AvgIpc) is 3.06. The number of benzene rings is 2. The van der Waals surface area contributed by atoms with Crippen molar-refractivity contribution in [1.82, 2.24) is 9.78 Å². The molecule has 0 aliphatic heterocycles. The van der Waals surface area contributed by atoms with Gasteiger partial charge in [-0.1, -0.05) is 30.3 Å². The number of rotatable bonds is 6. The molecule has 0 spiro atoms. The van der Waals surface area contributed by atoms with Crippen LogP contribution in [0.4, 0.5) is 0 Å². The summed E-state index contributed by atoms with van der Waals surface area (Å²) in [5, 5.41) is 4.19. The van der Waals surface area contributed by atoms with Crippen LogP contribution in [0.15, 0.2) is 67.0 Å². The maximum Gasteiger partial charge on any atom is 0.341 e. The van der Waals surface area contributed by atoms with E-state index in [1.165, 1.54) is 6.20 Å². The second-order valence-electron chi connectivity index (χ2n) is 5.21. The highest BCUT2D eigenvalue weighted by Gasteiger charge is 2.09. The average molecular weight is 322 g/mol. The second kappa shape index (κ2) is 7.46. The largest absolute Gasteiger partial charge is 0.462 e. The van der Waals surface area contributed by atoms with E-state index in [-0.39, 0.29) is 5.97 Å². The molecule has 5 heteroatoms. The minimum atomic E-state index is -0.352. The molecule has 0 N–H and O–H groups in total. The molecule has 0 saturated heterocycles. The van der Waals surface area contributed by atoms with Crippen molar-refractivity contribution in [1.29, 1.82) is 0 Å². The van der Waals surface area contributed by atoms with Crippen molar-refractivity contribution >= 4 is 5.97 Å². The van der Waals surface area contributed by atoms with E-state index in [1.54, 1.807) is 17.8 Å². The van der Waals surface area contributed by atoms with Crippen LogP contribution in [0.5, 0.6) is 11.5 Å². The fourth-order valence-corrected chi connectivity index (χ4v) is 2.24. The summed E-state index contributed by atoms with van der Waals surface area (Å²) in [5.41, 5.74) is 1.52. The fraction of sp³-hybridized carbons (Fsp3) is 0.158. The molecule has 0 aliphatic carbocycles. The van der Waals surface area contributed by atoms with Crippen molar-refractivity contribution in [2.45, 2.75) is 13.5 Å². The van der Waals surface area contributed by atoms with Gasteiger partial charge in [0, 0.05) is 6.20 Å². The van der Waals surface area contributed by atoms with Crippen molar-refractivity contribution in [2.24, 2.45) is 0 Å². The van der Waals surface area contributed by atoms with Crippen molar-refractivity contribution in [3.63, 3.8) is 0 Å². The van der Waals surface area contributed by atoms with E-state index < -0.39 is 0 Å². The molecule has 5 nitrogen and oxygen atoms in total. The molecule has 1 aromatic heterocycles. The maximum atomic E-state index is 11.6. The number of nitrogens with zero attached hydrogens (tertiary/aromatic N) is 2. The summed E-state index contributed by atoms with van der Waals surface area (Å²) in [7, 11) is 0. The van der Waals surface area contributed by atoms with Crippen LogP contribution in [0.25, 0.3) is 0 Å². The summed E-state index contributed by atoms with van der Waals surface area (Å²) < 4.78 is 12.4. The number of aromatic nitrogens is 2. The lowest BCUT2D eigenvalue weighted by Gasteiger charge is -2.07. The van der Waals surface area contributed by atoms with Crippen LogP contribution in [-0.4, -0.2) is 22.4 Å². The third-order valence-corrected chi connectivity index (χ3v) is 3.39. The highest BCUT2D eigenvalue weighted by molar-refractivity contribution is 5.88. The Labute approximate surface area is 140 Å². The van der Waals surface area contributed by atoms with Crippen LogP contribution in [0.3, 0.4) is 0 Å². The first-order valence-corrected chi connectivity index (χ1v) is 7.76. The van der Waals surface area contributed by atoms with Crippen LogP contribution in [0, 0.1) is 0 Å². The topological polar surface area (TPSA) is 53.3 Å². The lowest BCUT2D eigenvalue weighted by molar-refractivity contribution is 0.0526. The standard InChI is InChI=1S/C19H18N2O3/c1-2-23-19(22)16-12-20-21(14-16)13-15-8-10-18(11-9-15)24-17-6-4-3-5-7-17/h3-12,14H,2,13H2,1H3. The molecule has 0 atom stereocenters. The molecule has 0 saturated carbocycles. The Hall–Kier alpha value is -3.08. The van der Waals surface area contributed by atoms with Crippen LogP contribution >= 0.6 is 0 Å². The lowest BCUT2D eigenvalue weighted by Crippen LogP contribution is -2.04. The minimum absolute atomic E-state index is 0.352. The smallest absolute Gasteiger partial charge is 0.341 e. The van der Waals surface area contributed by atoms with E-state index >= 15 is 0 Å². The van der Waals surface area contributed by atoms with E-state index in [2.05, 4.69) is 5.10 Å². The van der Waals surface area contributed by atoms with Crippen molar-refractivity contribution < 1.29 is 14.3 Å². The molecule has 0 radical (unpaired) electrons. The van der Waals surface area contributed by atoms with E-state index in [9.17, 15) is 4.79 Å². The molecular formula is C19H18N2O3. The highest BCUT2D eigenvalue weighted by Crippen LogP contribution is 2.21. The van der Waals surface area contributed by atoms with E-state index in [4.69, 9.17) is 9.47 Å². The van der Waals surface area contributed by atoms with Gasteiger partial charge in [0.25, 0.3) is 0 Å². The first-order chi connectivity index (χ1) is 11.7. The first-order valence-electron chi connectivity index (χ1n) is 7.76. The zero-order chi connectivity index (χ0) is 16.8. The van der Waals surface area contributed by atoms with Gasteiger partial charge in [0.1, 0.15) is 11.5 Å². The normalized spacial score (nSPS) is 10.4. The zero-order valence-corrected chi connectivity index (χ0v) is 13.4. The first kappa shape index (κ1) is 15.8. The van der Waals surface area contributed by atoms with Crippen molar-refractivity contribution in [3.05, 3.63) is 78.1 Å². The molecule has 3 rings (SSSR count). The quantitative estimate of drug-likeness (QED) is 0.646. The van der Waals surface area contributed by atoms with E-state index in [0.29, 0.717) is 18.7 Å². The Morgan fingerprint density at radius 1 is 1.04 bits per heavy atom. The predicted octanol–water partition coefficient (Wildman–Crippen LogP) is 3.90. The molecule has 0 fully saturated rings. The van der Waals surface area contributed by atoms with Gasteiger partial charge in [-0.3, -0.25) is 4.68 Å². The molecule has 2 aromatic carbocycles. The summed E-state index contributed by atoms with van der Waals surface area (Å²) in [6.45, 7) is 2.71. The summed E-state index contributed by atoms with van der Waals surface area (Å²) in [4.78, 5) is 11.6. The molecule has 3 aromatic rings. The molecule has 1 heterocycles. The van der Waals surface area contributed by atoms with Gasteiger partial charge in [-0.2, -0.15) is 5.10 Å². The molecule has 122 valence electrons. The number of para-hydroxylation sites is 1. The SMILES string of the molecule is CCOC(=O)c1cnn(Cc2ccc(Oc3ccccc3)cc2)c1. The Kier molecular flexibility index (Phi) is 4.91. The maximum absolute atomic E-state index is 11.6. The molecule has 0 amide bonds. The van der Waals surface area contributed by atoms with Crippen LogP contribution in [-0.2, 0) is 11.3 Å². The van der Waals surface area contributed by atoms with Gasteiger partial charge in [-0.15, -0.1) is 0 Å². The highest BCUT2D eigenvalue weighted by atomic mass is 16.5. The van der Waals surface area contributed by atoms with Gasteiger partial charge in [-0.05, 0) is 36.8 Å². The Bertz CT molecular complexity index is 795.